The number of benzene rings is 2. The average Bonchev–Trinajstić information content (AvgIpc) is 2.78. The van der Waals surface area contributed by atoms with E-state index in [1.54, 1.807) is 24.3 Å². The lowest BCUT2D eigenvalue weighted by Gasteiger charge is -2.29. The molecule has 31 heavy (non-hydrogen) atoms. The van der Waals surface area contributed by atoms with Crippen molar-refractivity contribution in [2.24, 2.45) is 5.92 Å². The fourth-order valence-electron chi connectivity index (χ4n) is 3.25. The number of amides is 1. The molecule has 1 amide bonds. The van der Waals surface area contributed by atoms with Crippen molar-refractivity contribution in [2.45, 2.75) is 24.7 Å². The van der Waals surface area contributed by atoms with Crippen LogP contribution in [0.5, 0.6) is 5.75 Å². The monoisotopic (exact) mass is 446 g/mol. The summed E-state index contributed by atoms with van der Waals surface area (Å²) >= 11 is 0. The number of hydrogen-bond acceptors (Lipinski definition) is 6. The van der Waals surface area contributed by atoms with Gasteiger partial charge in [-0.25, -0.2) is 13.2 Å². The zero-order chi connectivity index (χ0) is 22.4. The van der Waals surface area contributed by atoms with E-state index in [1.165, 1.54) is 35.7 Å². The first-order valence-corrected chi connectivity index (χ1v) is 11.4. The number of carbonyl (C=O) groups excluding carboxylic acids is 2. The highest BCUT2D eigenvalue weighted by Crippen LogP contribution is 2.23. The van der Waals surface area contributed by atoms with Crippen molar-refractivity contribution in [3.8, 4) is 5.75 Å². The molecule has 1 fully saturated rings. The molecular weight excluding hydrogens is 420 g/mol. The predicted octanol–water partition coefficient (Wildman–Crippen LogP) is 2.91. The number of nitrogens with zero attached hydrogens (tertiary/aromatic N) is 1. The van der Waals surface area contributed by atoms with Gasteiger partial charge in [-0.1, -0.05) is 13.0 Å². The van der Waals surface area contributed by atoms with Gasteiger partial charge in [0.1, 0.15) is 5.75 Å². The quantitative estimate of drug-likeness (QED) is 0.656. The van der Waals surface area contributed by atoms with Gasteiger partial charge in [0.05, 0.1) is 17.6 Å². The Labute approximate surface area is 182 Å². The highest BCUT2D eigenvalue weighted by Gasteiger charge is 2.28. The molecule has 0 spiro atoms. The fourth-order valence-corrected chi connectivity index (χ4v) is 4.72. The predicted molar refractivity (Wildman–Crippen MR) is 116 cm³/mol. The molecule has 166 valence electrons. The third kappa shape index (κ3) is 5.83. The third-order valence-electron chi connectivity index (χ3n) is 5.16. The second-order valence-corrected chi connectivity index (χ2v) is 9.41. The summed E-state index contributed by atoms with van der Waals surface area (Å²) in [6.45, 7) is 2.63. The van der Waals surface area contributed by atoms with E-state index in [9.17, 15) is 18.0 Å². The molecule has 0 radical (unpaired) electrons. The molecular formula is C22H26N2O6S. The largest absolute Gasteiger partial charge is 0.497 e. The van der Waals surface area contributed by atoms with Gasteiger partial charge in [0.2, 0.25) is 10.0 Å². The van der Waals surface area contributed by atoms with E-state index in [0.29, 0.717) is 30.4 Å². The molecule has 1 N–H and O–H groups in total. The Morgan fingerprint density at radius 3 is 2.42 bits per heavy atom. The Morgan fingerprint density at radius 2 is 1.77 bits per heavy atom. The number of rotatable bonds is 7. The molecule has 1 aliphatic heterocycles. The maximum Gasteiger partial charge on any atom is 0.338 e. The third-order valence-corrected chi connectivity index (χ3v) is 7.07. The first kappa shape index (κ1) is 22.8. The van der Waals surface area contributed by atoms with Crippen molar-refractivity contribution in [3.05, 3.63) is 54.1 Å². The fraction of sp³-hybridized carbons (Fsp3) is 0.364. The zero-order valence-electron chi connectivity index (χ0n) is 17.5. The smallest absolute Gasteiger partial charge is 0.338 e. The Hall–Kier alpha value is -2.91. The molecule has 0 bridgehead atoms. The van der Waals surface area contributed by atoms with Crippen molar-refractivity contribution in [1.29, 1.82) is 0 Å². The number of sulfonamides is 1. The molecule has 8 nitrogen and oxygen atoms in total. The normalized spacial score (nSPS) is 15.3. The van der Waals surface area contributed by atoms with E-state index < -0.39 is 28.5 Å². The average molecular weight is 447 g/mol. The number of methoxy groups -OCH3 is 1. The van der Waals surface area contributed by atoms with Crippen LogP contribution in [0.15, 0.2) is 53.4 Å². The van der Waals surface area contributed by atoms with Gasteiger partial charge in [-0.2, -0.15) is 4.31 Å². The summed E-state index contributed by atoms with van der Waals surface area (Å²) < 4.78 is 37.1. The molecule has 9 heteroatoms. The molecule has 2 aromatic carbocycles. The van der Waals surface area contributed by atoms with Crippen LogP contribution in [0.1, 0.15) is 30.1 Å². The molecule has 3 rings (SSSR count). The number of esters is 1. The molecule has 0 saturated carbocycles. The van der Waals surface area contributed by atoms with Crippen LogP contribution in [0.4, 0.5) is 5.69 Å². The number of piperidine rings is 1. The van der Waals surface area contributed by atoms with Crippen LogP contribution in [0, 0.1) is 5.92 Å². The van der Waals surface area contributed by atoms with Crippen molar-refractivity contribution in [3.63, 3.8) is 0 Å². The van der Waals surface area contributed by atoms with Crippen LogP contribution in [0.2, 0.25) is 0 Å². The van der Waals surface area contributed by atoms with Crippen molar-refractivity contribution in [2.75, 3.05) is 32.1 Å². The summed E-state index contributed by atoms with van der Waals surface area (Å²) in [5.41, 5.74) is 0.683. The maximum absolute atomic E-state index is 12.8. The Kier molecular flexibility index (Phi) is 7.29. The van der Waals surface area contributed by atoms with E-state index in [-0.39, 0.29) is 10.5 Å². The summed E-state index contributed by atoms with van der Waals surface area (Å²) in [6, 6.07) is 12.3. The van der Waals surface area contributed by atoms with E-state index in [4.69, 9.17) is 9.47 Å². The molecule has 1 heterocycles. The topological polar surface area (TPSA) is 102 Å². The minimum atomic E-state index is -3.59. The number of anilines is 1. The van der Waals surface area contributed by atoms with E-state index >= 15 is 0 Å². The number of ether oxygens (including phenoxy) is 2. The second-order valence-electron chi connectivity index (χ2n) is 7.47. The molecule has 1 aliphatic rings. The zero-order valence-corrected chi connectivity index (χ0v) is 18.4. The van der Waals surface area contributed by atoms with Crippen LogP contribution in [-0.2, 0) is 19.6 Å². The number of nitrogens with one attached hydrogen (secondary N) is 1. The van der Waals surface area contributed by atoms with Crippen LogP contribution in [0.25, 0.3) is 0 Å². The molecule has 0 unspecified atom stereocenters. The first-order valence-electron chi connectivity index (χ1n) is 10.0. The standard InChI is InChI=1S/C22H26N2O6S/c1-16-10-12-24(13-11-16)31(27,28)20-8-6-17(7-9-20)22(26)30-15-21(25)23-18-4-3-5-19(14-18)29-2/h3-9,14,16H,10-13,15H2,1-2H3,(H,23,25). The Balaban J connectivity index is 1.55. The lowest BCUT2D eigenvalue weighted by atomic mass is 10.0. The molecule has 0 aliphatic carbocycles. The first-order chi connectivity index (χ1) is 14.8. The van der Waals surface area contributed by atoms with Gasteiger partial charge in [-0.15, -0.1) is 0 Å². The van der Waals surface area contributed by atoms with Gasteiger partial charge in [0.15, 0.2) is 6.61 Å². The lowest BCUT2D eigenvalue weighted by molar-refractivity contribution is -0.119. The molecule has 0 aromatic heterocycles. The summed E-state index contributed by atoms with van der Waals surface area (Å²) in [7, 11) is -2.07. The van der Waals surface area contributed by atoms with E-state index in [1.807, 2.05) is 0 Å². The number of hydrogen-bond donors (Lipinski definition) is 1. The highest BCUT2D eigenvalue weighted by molar-refractivity contribution is 7.89. The van der Waals surface area contributed by atoms with E-state index in [2.05, 4.69) is 12.2 Å². The molecule has 1 saturated heterocycles. The second kappa shape index (κ2) is 9.93. The van der Waals surface area contributed by atoms with Gasteiger partial charge >= 0.3 is 5.97 Å². The van der Waals surface area contributed by atoms with Crippen molar-refractivity contribution >= 4 is 27.6 Å². The van der Waals surface area contributed by atoms with Gasteiger partial charge < -0.3 is 14.8 Å². The van der Waals surface area contributed by atoms with E-state index in [0.717, 1.165) is 12.8 Å². The van der Waals surface area contributed by atoms with Crippen LogP contribution in [0.3, 0.4) is 0 Å². The lowest BCUT2D eigenvalue weighted by Crippen LogP contribution is -2.37. The van der Waals surface area contributed by atoms with Crippen LogP contribution < -0.4 is 10.1 Å². The molecule has 0 atom stereocenters. The summed E-state index contributed by atoms with van der Waals surface area (Å²) in [5.74, 6) is -0.106. The minimum Gasteiger partial charge on any atom is -0.497 e. The van der Waals surface area contributed by atoms with Crippen molar-refractivity contribution in [1.82, 2.24) is 4.31 Å². The SMILES string of the molecule is COc1cccc(NC(=O)COC(=O)c2ccc(S(=O)(=O)N3CCC(C)CC3)cc2)c1. The van der Waals surface area contributed by atoms with Crippen LogP contribution >= 0.6 is 0 Å². The van der Waals surface area contributed by atoms with Crippen LogP contribution in [-0.4, -0.2) is 51.4 Å². The van der Waals surface area contributed by atoms with Gasteiger partial charge in [0.25, 0.3) is 5.91 Å². The Bertz CT molecular complexity index is 1030. The molecule has 2 aromatic rings. The maximum atomic E-state index is 12.8. The van der Waals surface area contributed by atoms with Crippen molar-refractivity contribution < 1.29 is 27.5 Å². The van der Waals surface area contributed by atoms with Gasteiger partial charge in [-0.3, -0.25) is 4.79 Å². The van der Waals surface area contributed by atoms with Gasteiger partial charge in [-0.05, 0) is 55.2 Å². The van der Waals surface area contributed by atoms with Gasteiger partial charge in [0, 0.05) is 24.8 Å². The summed E-state index contributed by atoms with van der Waals surface area (Å²) in [4.78, 5) is 24.4. The summed E-state index contributed by atoms with van der Waals surface area (Å²) in [5, 5.41) is 2.61. The highest BCUT2D eigenvalue weighted by atomic mass is 32.2. The number of carbonyl (C=O) groups is 2. The minimum absolute atomic E-state index is 0.134. The Morgan fingerprint density at radius 1 is 1.10 bits per heavy atom. The summed E-state index contributed by atoms with van der Waals surface area (Å²) in [6.07, 6.45) is 1.67.